The van der Waals surface area contributed by atoms with Crippen molar-refractivity contribution in [3.8, 4) is 5.75 Å². The zero-order valence-electron chi connectivity index (χ0n) is 19.7. The summed E-state index contributed by atoms with van der Waals surface area (Å²) < 4.78 is 71.0. The standard InChI is InChI=1S/C26H16F5NO8/c27-16-8(17(28)19(30)20(31)18(16)29)4-7-6-2-1-3-10(33)12(6)22(36)15-13(7)21(35)9-5-11(34)14(25(32)39)23(37)26(9,40)24(15)38/h1-4,9,13,21,33-35,38,40H,5H2,(H2,32,39)/b7-4+. The number of phenolic OH excluding ortho intramolecular Hbond substituents is 1. The molecular weight excluding hydrogens is 549 g/mol. The van der Waals surface area contributed by atoms with Crippen molar-refractivity contribution in [3.05, 3.63) is 86.6 Å². The Balaban J connectivity index is 1.87. The first-order valence-electron chi connectivity index (χ1n) is 11.4. The van der Waals surface area contributed by atoms with Crippen molar-refractivity contribution >= 4 is 29.1 Å². The van der Waals surface area contributed by atoms with Crippen LogP contribution in [0.2, 0.25) is 0 Å². The quantitative estimate of drug-likeness (QED) is 0.139. The van der Waals surface area contributed by atoms with Gasteiger partial charge in [0.15, 0.2) is 34.7 Å². The second kappa shape index (κ2) is 8.72. The minimum atomic E-state index is -3.21. The van der Waals surface area contributed by atoms with Gasteiger partial charge < -0.3 is 31.3 Å². The summed E-state index contributed by atoms with van der Waals surface area (Å²) in [5.74, 6) is -23.1. The summed E-state index contributed by atoms with van der Waals surface area (Å²) in [7, 11) is 0. The van der Waals surface area contributed by atoms with Gasteiger partial charge in [-0.25, -0.2) is 22.0 Å². The zero-order chi connectivity index (χ0) is 29.6. The Morgan fingerprint density at radius 3 is 2.12 bits per heavy atom. The number of carbonyl (C=O) groups excluding carboxylic acids is 3. The van der Waals surface area contributed by atoms with E-state index in [0.29, 0.717) is 6.08 Å². The SMILES string of the molecule is NC(=O)C1=C(O)CC2C(O)C3C(=C(O)C2(O)C1=O)C(=O)c1c(O)cccc1/C3=C\c1c(F)c(F)c(F)c(F)c1F. The number of amides is 1. The van der Waals surface area contributed by atoms with Crippen molar-refractivity contribution in [2.75, 3.05) is 0 Å². The molecule has 2 aromatic rings. The van der Waals surface area contributed by atoms with Crippen LogP contribution in [0.25, 0.3) is 11.6 Å². The molecule has 2 aromatic carbocycles. The fourth-order valence-corrected chi connectivity index (χ4v) is 5.59. The Morgan fingerprint density at radius 1 is 0.975 bits per heavy atom. The topological polar surface area (TPSA) is 178 Å². The molecule has 0 aromatic heterocycles. The number of benzene rings is 2. The van der Waals surface area contributed by atoms with Crippen molar-refractivity contribution in [1.29, 1.82) is 0 Å². The van der Waals surface area contributed by atoms with Crippen molar-refractivity contribution in [3.63, 3.8) is 0 Å². The van der Waals surface area contributed by atoms with Crippen molar-refractivity contribution in [2.24, 2.45) is 17.6 Å². The van der Waals surface area contributed by atoms with Gasteiger partial charge in [0, 0.05) is 18.3 Å². The van der Waals surface area contributed by atoms with Crippen molar-refractivity contribution < 1.29 is 61.9 Å². The van der Waals surface area contributed by atoms with Gasteiger partial charge in [0.25, 0.3) is 5.91 Å². The first-order valence-corrected chi connectivity index (χ1v) is 11.4. The van der Waals surface area contributed by atoms with Crippen LogP contribution in [0.1, 0.15) is 27.9 Å². The largest absolute Gasteiger partial charge is 0.511 e. The maximum atomic E-state index is 14.7. The third-order valence-corrected chi connectivity index (χ3v) is 7.44. The number of ketones is 2. The third-order valence-electron chi connectivity index (χ3n) is 7.44. The van der Waals surface area contributed by atoms with Crippen LogP contribution in [-0.4, -0.2) is 54.7 Å². The maximum Gasteiger partial charge on any atom is 0.255 e. The number of rotatable bonds is 2. The van der Waals surface area contributed by atoms with Gasteiger partial charge in [-0.15, -0.1) is 0 Å². The van der Waals surface area contributed by atoms with E-state index in [1.807, 2.05) is 0 Å². The van der Waals surface area contributed by atoms with Crippen LogP contribution in [0.5, 0.6) is 5.75 Å². The number of nitrogens with two attached hydrogens (primary N) is 1. The summed E-state index contributed by atoms with van der Waals surface area (Å²) in [6.07, 6.45) is -2.63. The number of allylic oxidation sites excluding steroid dienone is 1. The van der Waals surface area contributed by atoms with Gasteiger partial charge >= 0.3 is 0 Å². The van der Waals surface area contributed by atoms with Crippen molar-refractivity contribution in [1.82, 2.24) is 0 Å². The highest BCUT2D eigenvalue weighted by Gasteiger charge is 2.63. The lowest BCUT2D eigenvalue weighted by atomic mass is 9.57. The minimum Gasteiger partial charge on any atom is -0.511 e. The molecule has 7 N–H and O–H groups in total. The summed E-state index contributed by atoms with van der Waals surface area (Å²) in [6, 6.07) is 3.26. The summed E-state index contributed by atoms with van der Waals surface area (Å²) in [6.45, 7) is 0. The van der Waals surface area contributed by atoms with E-state index in [9.17, 15) is 61.9 Å². The van der Waals surface area contributed by atoms with E-state index >= 15 is 0 Å². The maximum absolute atomic E-state index is 14.7. The molecule has 14 heteroatoms. The van der Waals surface area contributed by atoms with E-state index in [0.717, 1.165) is 18.2 Å². The fourth-order valence-electron chi connectivity index (χ4n) is 5.59. The summed E-state index contributed by atoms with van der Waals surface area (Å²) in [5, 5.41) is 54.5. The molecule has 5 rings (SSSR count). The lowest BCUT2D eigenvalue weighted by molar-refractivity contribution is -0.152. The molecule has 0 radical (unpaired) electrons. The Labute approximate surface area is 219 Å². The van der Waals surface area contributed by atoms with E-state index in [1.54, 1.807) is 0 Å². The number of aliphatic hydroxyl groups is 4. The molecule has 4 unspecified atom stereocenters. The monoisotopic (exact) mass is 565 g/mol. The molecule has 0 fully saturated rings. The Kier molecular flexibility index (Phi) is 5.89. The number of hydrogen-bond donors (Lipinski definition) is 6. The normalized spacial score (nSPS) is 27.1. The van der Waals surface area contributed by atoms with Gasteiger partial charge in [-0.05, 0) is 23.3 Å². The van der Waals surface area contributed by atoms with Crippen LogP contribution in [-0.2, 0) is 9.59 Å². The van der Waals surface area contributed by atoms with Crippen LogP contribution in [0.15, 0.2) is 40.9 Å². The van der Waals surface area contributed by atoms with Gasteiger partial charge in [-0.1, -0.05) is 12.1 Å². The van der Waals surface area contributed by atoms with Crippen LogP contribution in [0.3, 0.4) is 0 Å². The number of hydrogen-bond acceptors (Lipinski definition) is 8. The number of aliphatic hydroxyl groups excluding tert-OH is 3. The summed E-state index contributed by atoms with van der Waals surface area (Å²) in [4.78, 5) is 38.4. The third kappa shape index (κ3) is 3.29. The lowest BCUT2D eigenvalue weighted by Crippen LogP contribution is -2.62. The molecular formula is C26H16F5NO8. The molecule has 3 aliphatic carbocycles. The summed E-state index contributed by atoms with van der Waals surface area (Å²) in [5.41, 5.74) is -3.28. The minimum absolute atomic E-state index is 0.347. The molecule has 9 nitrogen and oxygen atoms in total. The van der Waals surface area contributed by atoms with Crippen LogP contribution >= 0.6 is 0 Å². The second-order valence-electron chi connectivity index (χ2n) is 9.43. The average molecular weight is 565 g/mol. The molecule has 0 spiro atoms. The molecule has 3 aliphatic rings. The highest BCUT2D eigenvalue weighted by Crippen LogP contribution is 2.55. The lowest BCUT2D eigenvalue weighted by Gasteiger charge is -2.49. The van der Waals surface area contributed by atoms with E-state index < -0.39 is 122 Å². The average Bonchev–Trinajstić information content (AvgIpc) is 2.90. The van der Waals surface area contributed by atoms with E-state index in [4.69, 9.17) is 5.73 Å². The Bertz CT molecular complexity index is 1650. The Hall–Kier alpha value is -4.56. The molecule has 0 heterocycles. The van der Waals surface area contributed by atoms with Crippen LogP contribution in [0, 0.1) is 40.9 Å². The van der Waals surface area contributed by atoms with Crippen LogP contribution in [0.4, 0.5) is 22.0 Å². The molecule has 208 valence electrons. The number of aromatic hydroxyl groups is 1. The highest BCUT2D eigenvalue weighted by atomic mass is 19.2. The molecule has 0 saturated heterocycles. The smallest absolute Gasteiger partial charge is 0.255 e. The molecule has 0 aliphatic heterocycles. The second-order valence-corrected chi connectivity index (χ2v) is 9.43. The van der Waals surface area contributed by atoms with Gasteiger partial charge in [-0.2, -0.15) is 0 Å². The number of primary amides is 1. The van der Waals surface area contributed by atoms with Gasteiger partial charge in [0.05, 0.1) is 22.8 Å². The predicted octanol–water partition coefficient (Wildman–Crippen LogP) is 2.24. The first kappa shape index (κ1) is 27.0. The van der Waals surface area contributed by atoms with E-state index in [2.05, 4.69) is 0 Å². The molecule has 0 saturated carbocycles. The number of halogens is 5. The predicted molar refractivity (Wildman–Crippen MR) is 123 cm³/mol. The Morgan fingerprint density at radius 2 is 1.55 bits per heavy atom. The number of phenols is 1. The van der Waals surface area contributed by atoms with Crippen LogP contribution < -0.4 is 5.73 Å². The van der Waals surface area contributed by atoms with Crippen molar-refractivity contribution in [2.45, 2.75) is 18.1 Å². The molecule has 0 bridgehead atoms. The molecule has 4 atom stereocenters. The zero-order valence-corrected chi connectivity index (χ0v) is 19.7. The van der Waals surface area contributed by atoms with E-state index in [1.165, 1.54) is 0 Å². The number of carbonyl (C=O) groups is 3. The fraction of sp³-hybridized carbons (Fsp3) is 0.192. The number of fused-ring (bicyclic) bond motifs is 3. The molecule has 40 heavy (non-hydrogen) atoms. The van der Waals surface area contributed by atoms with E-state index in [-0.39, 0.29) is 5.56 Å². The number of Topliss-reactive ketones (excluding diaryl/α,β-unsaturated/α-hetero) is 2. The first-order chi connectivity index (χ1) is 18.7. The molecule has 1 amide bonds. The van der Waals surface area contributed by atoms with Gasteiger partial charge in [0.1, 0.15) is 22.8 Å². The summed E-state index contributed by atoms with van der Waals surface area (Å²) >= 11 is 0. The highest BCUT2D eigenvalue weighted by molar-refractivity contribution is 6.25. The van der Waals surface area contributed by atoms with Gasteiger partial charge in [-0.3, -0.25) is 14.4 Å². The van der Waals surface area contributed by atoms with Gasteiger partial charge in [0.2, 0.25) is 11.6 Å².